The zero-order chi connectivity index (χ0) is 23.9. The number of hydrogen-bond acceptors (Lipinski definition) is 5. The lowest BCUT2D eigenvalue weighted by Gasteiger charge is -2.27. The molecule has 3 aromatic rings. The van der Waals surface area contributed by atoms with Crippen molar-refractivity contribution in [1.29, 1.82) is 0 Å². The minimum Gasteiger partial charge on any atom is -0.491 e. The fourth-order valence-electron chi connectivity index (χ4n) is 3.82. The first-order valence-corrected chi connectivity index (χ1v) is 12.1. The molecule has 0 bridgehead atoms. The molecule has 0 saturated heterocycles. The first-order valence-electron chi connectivity index (χ1n) is 11.0. The number of para-hydroxylation sites is 1. The summed E-state index contributed by atoms with van der Waals surface area (Å²) in [4.78, 5) is 7.85. The maximum atomic E-state index is 10.7. The predicted octanol–water partition coefficient (Wildman–Crippen LogP) is 6.08. The molecule has 2 atom stereocenters. The summed E-state index contributed by atoms with van der Waals surface area (Å²) in [6.07, 6.45) is -0.220. The molecule has 0 aliphatic carbocycles. The van der Waals surface area contributed by atoms with Crippen molar-refractivity contribution in [2.45, 2.75) is 25.2 Å². The third-order valence-corrected chi connectivity index (χ3v) is 6.37. The van der Waals surface area contributed by atoms with Gasteiger partial charge < -0.3 is 14.7 Å². The van der Waals surface area contributed by atoms with E-state index >= 15 is 0 Å². The molecule has 1 heterocycles. The first kappa shape index (κ1) is 24.8. The highest BCUT2D eigenvalue weighted by atomic mass is 35.5. The average Bonchev–Trinajstić information content (AvgIpc) is 3.28. The Morgan fingerprint density at radius 1 is 1.00 bits per heavy atom. The van der Waals surface area contributed by atoms with Gasteiger partial charge in [0.05, 0.1) is 15.8 Å². The number of ether oxygens (including phenoxy) is 1. The first-order chi connectivity index (χ1) is 16.5. The van der Waals surface area contributed by atoms with Gasteiger partial charge in [0.25, 0.3) is 0 Å². The van der Waals surface area contributed by atoms with Crippen LogP contribution in [0, 0.1) is 0 Å². The lowest BCUT2D eigenvalue weighted by atomic mass is 10.0. The molecule has 0 fully saturated rings. The molecule has 1 aliphatic rings. The van der Waals surface area contributed by atoms with E-state index in [0.29, 0.717) is 41.1 Å². The molecule has 0 aromatic heterocycles. The molecule has 178 valence electrons. The summed E-state index contributed by atoms with van der Waals surface area (Å²) in [5.74, 6) is 0.724. The normalized spacial score (nSPS) is 16.3. The summed E-state index contributed by atoms with van der Waals surface area (Å²) in [6, 6.07) is 22.6. The quantitative estimate of drug-likeness (QED) is 0.353. The Hall–Kier alpha value is -2.28. The van der Waals surface area contributed by atoms with Crippen molar-refractivity contribution in [3.63, 3.8) is 0 Å². The van der Waals surface area contributed by atoms with Crippen LogP contribution in [0.4, 0.5) is 0 Å². The van der Waals surface area contributed by atoms with Gasteiger partial charge in [-0.2, -0.15) is 0 Å². The number of benzene rings is 3. The third kappa shape index (κ3) is 7.11. The van der Waals surface area contributed by atoms with Gasteiger partial charge in [-0.15, -0.1) is 0 Å². The highest BCUT2D eigenvalue weighted by molar-refractivity contribution is 6.42. The smallest absolute Gasteiger partial charge is 0.145 e. The van der Waals surface area contributed by atoms with Gasteiger partial charge in [0.15, 0.2) is 0 Å². The Kier molecular flexibility index (Phi) is 8.70. The second kappa shape index (κ2) is 11.9. The monoisotopic (exact) mass is 518 g/mol. The molecule has 0 radical (unpaired) electrons. The number of oxime groups is 1. The van der Waals surface area contributed by atoms with E-state index in [1.165, 1.54) is 0 Å². The van der Waals surface area contributed by atoms with Crippen molar-refractivity contribution < 1.29 is 14.7 Å². The standard InChI is InChI=1S/C26H25Cl3N2O3/c27-20-6-4-5-18(11-20)14-31(15-21(32)17-33-22-7-2-1-3-8-22)16-23-13-26(30-34-23)19-9-10-24(28)25(29)12-19/h1-12,21,23,32H,13-17H2/t21-,23+/m1/s1. The van der Waals surface area contributed by atoms with Crippen LogP contribution in [0.15, 0.2) is 78.0 Å². The molecular weight excluding hydrogens is 495 g/mol. The number of aliphatic hydroxyl groups excluding tert-OH is 1. The van der Waals surface area contributed by atoms with Crippen molar-refractivity contribution in [2.75, 3.05) is 19.7 Å². The Morgan fingerprint density at radius 3 is 2.59 bits per heavy atom. The van der Waals surface area contributed by atoms with E-state index in [1.807, 2.05) is 60.7 Å². The maximum absolute atomic E-state index is 10.7. The van der Waals surface area contributed by atoms with Crippen LogP contribution < -0.4 is 4.74 Å². The third-order valence-electron chi connectivity index (χ3n) is 5.40. The van der Waals surface area contributed by atoms with Gasteiger partial charge in [0, 0.05) is 36.6 Å². The van der Waals surface area contributed by atoms with E-state index in [1.54, 1.807) is 12.1 Å². The maximum Gasteiger partial charge on any atom is 0.145 e. The second-order valence-corrected chi connectivity index (χ2v) is 9.45. The minimum absolute atomic E-state index is 0.161. The molecule has 1 aliphatic heterocycles. The Balaban J connectivity index is 1.39. The zero-order valence-corrected chi connectivity index (χ0v) is 20.7. The molecule has 34 heavy (non-hydrogen) atoms. The van der Waals surface area contributed by atoms with Gasteiger partial charge in [-0.25, -0.2) is 0 Å². The van der Waals surface area contributed by atoms with Gasteiger partial charge >= 0.3 is 0 Å². The fourth-order valence-corrected chi connectivity index (χ4v) is 4.33. The number of aliphatic hydroxyl groups is 1. The zero-order valence-electron chi connectivity index (χ0n) is 18.4. The summed E-state index contributed by atoms with van der Waals surface area (Å²) in [5, 5.41) is 16.6. The largest absolute Gasteiger partial charge is 0.491 e. The highest BCUT2D eigenvalue weighted by Gasteiger charge is 2.26. The van der Waals surface area contributed by atoms with Crippen molar-refractivity contribution >= 4 is 40.5 Å². The number of hydrogen-bond donors (Lipinski definition) is 1. The van der Waals surface area contributed by atoms with E-state index in [0.717, 1.165) is 22.6 Å². The topological polar surface area (TPSA) is 54.3 Å². The molecule has 0 spiro atoms. The molecule has 0 unspecified atom stereocenters. The van der Waals surface area contributed by atoms with Crippen molar-refractivity contribution in [3.05, 3.63) is 99.0 Å². The van der Waals surface area contributed by atoms with Crippen LogP contribution in [0.5, 0.6) is 5.75 Å². The van der Waals surface area contributed by atoms with Crippen LogP contribution in [0.25, 0.3) is 0 Å². The average molecular weight is 520 g/mol. The van der Waals surface area contributed by atoms with Gasteiger partial charge in [-0.1, -0.05) is 76.4 Å². The summed E-state index contributed by atoms with van der Waals surface area (Å²) in [5.41, 5.74) is 2.75. The van der Waals surface area contributed by atoms with Gasteiger partial charge in [-0.3, -0.25) is 4.90 Å². The van der Waals surface area contributed by atoms with Gasteiger partial charge in [-0.05, 0) is 42.0 Å². The highest BCUT2D eigenvalue weighted by Crippen LogP contribution is 2.26. The van der Waals surface area contributed by atoms with E-state index in [9.17, 15) is 5.11 Å². The lowest BCUT2D eigenvalue weighted by Crippen LogP contribution is -2.39. The minimum atomic E-state index is -0.684. The summed E-state index contributed by atoms with van der Waals surface area (Å²) in [7, 11) is 0. The van der Waals surface area contributed by atoms with Crippen LogP contribution >= 0.6 is 34.8 Å². The fraction of sp³-hybridized carbons (Fsp3) is 0.269. The van der Waals surface area contributed by atoms with Crippen molar-refractivity contribution in [3.8, 4) is 5.75 Å². The van der Waals surface area contributed by atoms with Crippen LogP contribution in [-0.4, -0.2) is 47.6 Å². The molecule has 0 amide bonds. The molecule has 1 N–H and O–H groups in total. The molecule has 4 rings (SSSR count). The summed E-state index contributed by atoms with van der Waals surface area (Å²) >= 11 is 18.4. The van der Waals surface area contributed by atoms with E-state index in [-0.39, 0.29) is 12.7 Å². The van der Waals surface area contributed by atoms with Gasteiger partial charge in [0.2, 0.25) is 0 Å². The number of nitrogens with zero attached hydrogens (tertiary/aromatic N) is 2. The molecular formula is C26H25Cl3N2O3. The predicted molar refractivity (Wildman–Crippen MR) is 137 cm³/mol. The SMILES string of the molecule is O[C@@H](COc1ccccc1)CN(Cc1cccc(Cl)c1)C[C@@H]1CC(c2ccc(Cl)c(Cl)c2)=NO1. The van der Waals surface area contributed by atoms with Crippen LogP contribution in [0.1, 0.15) is 17.5 Å². The second-order valence-electron chi connectivity index (χ2n) is 8.20. The van der Waals surface area contributed by atoms with Crippen LogP contribution in [-0.2, 0) is 11.4 Å². The van der Waals surface area contributed by atoms with E-state index in [4.69, 9.17) is 44.4 Å². The Bertz CT molecular complexity index is 1130. The summed E-state index contributed by atoms with van der Waals surface area (Å²) < 4.78 is 5.73. The van der Waals surface area contributed by atoms with Crippen LogP contribution in [0.3, 0.4) is 0 Å². The summed E-state index contributed by atoms with van der Waals surface area (Å²) in [6.45, 7) is 1.77. The number of halogens is 3. The number of rotatable bonds is 10. The van der Waals surface area contributed by atoms with Crippen molar-refractivity contribution in [1.82, 2.24) is 4.90 Å². The Labute approximate surface area is 214 Å². The van der Waals surface area contributed by atoms with E-state index in [2.05, 4.69) is 10.1 Å². The van der Waals surface area contributed by atoms with Crippen LogP contribution in [0.2, 0.25) is 15.1 Å². The molecule has 3 aromatic carbocycles. The van der Waals surface area contributed by atoms with Crippen molar-refractivity contribution in [2.24, 2.45) is 5.16 Å². The van der Waals surface area contributed by atoms with Gasteiger partial charge in [0.1, 0.15) is 24.6 Å². The molecule has 5 nitrogen and oxygen atoms in total. The molecule has 8 heteroatoms. The lowest BCUT2D eigenvalue weighted by molar-refractivity contribution is 0.0213. The Morgan fingerprint density at radius 2 is 1.82 bits per heavy atom. The van der Waals surface area contributed by atoms with E-state index < -0.39 is 6.10 Å². The molecule has 0 saturated carbocycles.